The van der Waals surface area contributed by atoms with E-state index in [9.17, 15) is 0 Å². The Morgan fingerprint density at radius 2 is 2.04 bits per heavy atom. The number of aryl methyl sites for hydroxylation is 1. The van der Waals surface area contributed by atoms with Crippen LogP contribution in [0.4, 0.5) is 5.82 Å². The number of halogens is 1. The molecule has 2 aromatic rings. The molecule has 1 aliphatic heterocycles. The van der Waals surface area contributed by atoms with E-state index < -0.39 is 0 Å². The topological polar surface area (TPSA) is 46.8 Å². The number of aromatic nitrogens is 4. The van der Waals surface area contributed by atoms with Crippen molar-refractivity contribution in [3.8, 4) is 0 Å². The first-order valence-corrected chi connectivity index (χ1v) is 10.2. The van der Waals surface area contributed by atoms with Crippen LogP contribution in [0.1, 0.15) is 75.0 Å². The van der Waals surface area contributed by atoms with E-state index in [0.717, 1.165) is 48.4 Å². The molecule has 26 heavy (non-hydrogen) atoms. The minimum Gasteiger partial charge on any atom is -0.349 e. The molecule has 3 heterocycles. The van der Waals surface area contributed by atoms with Gasteiger partial charge in [0, 0.05) is 30.8 Å². The minimum absolute atomic E-state index is 0.257. The number of nitrogens with zero attached hydrogens (tertiary/aromatic N) is 5. The highest BCUT2D eigenvalue weighted by Crippen LogP contribution is 2.41. The molecule has 2 aliphatic rings. The van der Waals surface area contributed by atoms with Crippen LogP contribution in [-0.2, 0) is 6.54 Å². The Bertz CT molecular complexity index is 781. The molecule has 0 spiro atoms. The summed E-state index contributed by atoms with van der Waals surface area (Å²) in [5, 5.41) is 5.51. The molecule has 1 aliphatic carbocycles. The predicted octanol–water partition coefficient (Wildman–Crippen LogP) is 4.90. The summed E-state index contributed by atoms with van der Waals surface area (Å²) < 4.78 is 1.97. The van der Waals surface area contributed by atoms with Gasteiger partial charge in [-0.15, -0.1) is 0 Å². The van der Waals surface area contributed by atoms with Gasteiger partial charge >= 0.3 is 0 Å². The fraction of sp³-hybridized carbons (Fsp3) is 0.650. The quantitative estimate of drug-likeness (QED) is 0.747. The lowest BCUT2D eigenvalue weighted by Gasteiger charge is -2.28. The van der Waals surface area contributed by atoms with Crippen molar-refractivity contribution < 1.29 is 0 Å². The van der Waals surface area contributed by atoms with E-state index in [1.165, 1.54) is 24.8 Å². The van der Waals surface area contributed by atoms with Gasteiger partial charge in [-0.2, -0.15) is 5.10 Å². The molecule has 6 heteroatoms. The Kier molecular flexibility index (Phi) is 4.91. The third-order valence-corrected chi connectivity index (χ3v) is 6.06. The predicted molar refractivity (Wildman–Crippen MR) is 105 cm³/mol. The second-order valence-corrected chi connectivity index (χ2v) is 8.48. The zero-order valence-corrected chi connectivity index (χ0v) is 16.7. The third-order valence-electron chi connectivity index (χ3n) is 5.66. The van der Waals surface area contributed by atoms with Gasteiger partial charge in [-0.1, -0.05) is 31.9 Å². The molecular weight excluding hydrogens is 346 g/mol. The summed E-state index contributed by atoms with van der Waals surface area (Å²) in [4.78, 5) is 11.8. The van der Waals surface area contributed by atoms with E-state index in [2.05, 4.69) is 30.7 Å². The van der Waals surface area contributed by atoms with Crippen molar-refractivity contribution in [2.24, 2.45) is 5.92 Å². The molecule has 2 aromatic heterocycles. The van der Waals surface area contributed by atoms with Crippen molar-refractivity contribution in [1.29, 1.82) is 0 Å². The molecule has 0 aromatic carbocycles. The lowest BCUT2D eigenvalue weighted by atomic mass is 9.85. The summed E-state index contributed by atoms with van der Waals surface area (Å²) in [5.74, 6) is 3.12. The van der Waals surface area contributed by atoms with Crippen LogP contribution in [0.25, 0.3) is 0 Å². The summed E-state index contributed by atoms with van der Waals surface area (Å²) in [6.45, 7) is 8.33. The largest absolute Gasteiger partial charge is 0.349 e. The molecule has 0 radical (unpaired) electrons. The maximum atomic E-state index is 6.76. The van der Waals surface area contributed by atoms with Crippen molar-refractivity contribution in [2.75, 3.05) is 11.4 Å². The second-order valence-electron chi connectivity index (χ2n) is 8.12. The summed E-state index contributed by atoms with van der Waals surface area (Å²) in [6, 6.07) is 2.30. The van der Waals surface area contributed by atoms with Crippen LogP contribution < -0.4 is 4.90 Å². The van der Waals surface area contributed by atoms with Crippen molar-refractivity contribution in [3.05, 3.63) is 34.5 Å². The van der Waals surface area contributed by atoms with Crippen LogP contribution in [0.2, 0.25) is 5.15 Å². The highest BCUT2D eigenvalue weighted by molar-refractivity contribution is 6.30. The SMILES string of the molecule is Cc1nn(CC(C)C)c(Cl)c1C1CCCN1c1ccnc(C2CCC2)n1. The molecule has 4 rings (SSSR count). The van der Waals surface area contributed by atoms with Crippen LogP contribution in [0.15, 0.2) is 12.3 Å². The average molecular weight is 374 g/mol. The first-order valence-electron chi connectivity index (χ1n) is 9.87. The lowest BCUT2D eigenvalue weighted by molar-refractivity contribution is 0.401. The Morgan fingerprint density at radius 1 is 1.23 bits per heavy atom. The van der Waals surface area contributed by atoms with Gasteiger partial charge < -0.3 is 4.90 Å². The van der Waals surface area contributed by atoms with E-state index >= 15 is 0 Å². The Hall–Kier alpha value is -1.62. The van der Waals surface area contributed by atoms with Crippen molar-refractivity contribution in [2.45, 2.75) is 71.4 Å². The van der Waals surface area contributed by atoms with E-state index in [1.54, 1.807) is 0 Å². The van der Waals surface area contributed by atoms with Crippen molar-refractivity contribution >= 4 is 17.4 Å². The van der Waals surface area contributed by atoms with E-state index in [1.807, 2.05) is 16.9 Å². The second kappa shape index (κ2) is 7.18. The van der Waals surface area contributed by atoms with Crippen LogP contribution in [0.3, 0.4) is 0 Å². The number of hydrogen-bond acceptors (Lipinski definition) is 4. The van der Waals surface area contributed by atoms with Gasteiger partial charge in [-0.25, -0.2) is 9.97 Å². The highest BCUT2D eigenvalue weighted by atomic mass is 35.5. The Morgan fingerprint density at radius 3 is 2.73 bits per heavy atom. The Balaban J connectivity index is 1.64. The standard InChI is InChI=1S/C20H28ClN5/c1-13(2)12-26-19(21)18(14(3)24-26)16-8-5-11-25(16)17-9-10-22-20(23-17)15-6-4-7-15/h9-10,13,15-16H,4-8,11-12H2,1-3H3. The summed E-state index contributed by atoms with van der Waals surface area (Å²) in [6.07, 6.45) is 7.91. The van der Waals surface area contributed by atoms with Crippen LogP contribution >= 0.6 is 11.6 Å². The molecule has 1 unspecified atom stereocenters. The van der Waals surface area contributed by atoms with Gasteiger partial charge in [-0.3, -0.25) is 4.68 Å². The molecule has 1 saturated heterocycles. The minimum atomic E-state index is 0.257. The monoisotopic (exact) mass is 373 g/mol. The number of rotatable bonds is 5. The molecule has 0 N–H and O–H groups in total. The Labute approximate surface area is 160 Å². The average Bonchev–Trinajstić information content (AvgIpc) is 3.11. The van der Waals surface area contributed by atoms with Crippen molar-refractivity contribution in [1.82, 2.24) is 19.7 Å². The zero-order chi connectivity index (χ0) is 18.3. The van der Waals surface area contributed by atoms with Gasteiger partial charge in [0.15, 0.2) is 0 Å². The van der Waals surface area contributed by atoms with Gasteiger partial charge in [0.25, 0.3) is 0 Å². The third kappa shape index (κ3) is 3.22. The fourth-order valence-electron chi connectivity index (χ4n) is 4.14. The smallest absolute Gasteiger partial charge is 0.133 e. The van der Waals surface area contributed by atoms with Gasteiger partial charge in [0.2, 0.25) is 0 Å². The normalized spacial score (nSPS) is 20.8. The van der Waals surface area contributed by atoms with Gasteiger partial charge in [-0.05, 0) is 44.6 Å². The molecule has 0 bridgehead atoms. The number of anilines is 1. The molecule has 1 saturated carbocycles. The molecule has 5 nitrogen and oxygen atoms in total. The lowest BCUT2D eigenvalue weighted by Crippen LogP contribution is -2.25. The molecule has 1 atom stereocenters. The van der Waals surface area contributed by atoms with E-state index in [4.69, 9.17) is 21.7 Å². The van der Waals surface area contributed by atoms with Gasteiger partial charge in [0.1, 0.15) is 16.8 Å². The zero-order valence-electron chi connectivity index (χ0n) is 16.0. The van der Waals surface area contributed by atoms with Crippen LogP contribution in [0, 0.1) is 12.8 Å². The molecule has 2 fully saturated rings. The van der Waals surface area contributed by atoms with E-state index in [-0.39, 0.29) is 6.04 Å². The number of hydrogen-bond donors (Lipinski definition) is 0. The maximum Gasteiger partial charge on any atom is 0.133 e. The first kappa shape index (κ1) is 17.8. The molecular formula is C20H28ClN5. The summed E-state index contributed by atoms with van der Waals surface area (Å²) >= 11 is 6.76. The van der Waals surface area contributed by atoms with Crippen molar-refractivity contribution in [3.63, 3.8) is 0 Å². The summed E-state index contributed by atoms with van der Waals surface area (Å²) in [7, 11) is 0. The molecule has 140 valence electrons. The highest BCUT2D eigenvalue weighted by Gasteiger charge is 2.33. The fourth-order valence-corrected chi connectivity index (χ4v) is 4.51. The van der Waals surface area contributed by atoms with E-state index in [0.29, 0.717) is 11.8 Å². The molecule has 0 amide bonds. The van der Waals surface area contributed by atoms with Crippen LogP contribution in [0.5, 0.6) is 0 Å². The maximum absolute atomic E-state index is 6.76. The van der Waals surface area contributed by atoms with Crippen LogP contribution in [-0.4, -0.2) is 26.3 Å². The first-order chi connectivity index (χ1) is 12.5. The summed E-state index contributed by atoms with van der Waals surface area (Å²) in [5.41, 5.74) is 2.22. The van der Waals surface area contributed by atoms with Gasteiger partial charge in [0.05, 0.1) is 11.7 Å².